The molecule has 2 aromatic rings. The van der Waals surface area contributed by atoms with Crippen molar-refractivity contribution < 1.29 is 19.3 Å². The normalized spacial score (nSPS) is 15.4. The first kappa shape index (κ1) is 22.7. The van der Waals surface area contributed by atoms with E-state index in [-0.39, 0.29) is 37.4 Å². The second-order valence-electron chi connectivity index (χ2n) is 7.25. The van der Waals surface area contributed by atoms with Gasteiger partial charge < -0.3 is 21.3 Å². The van der Waals surface area contributed by atoms with Crippen LogP contribution in [0, 0.1) is 17.0 Å². The number of rotatable bonds is 6. The Morgan fingerprint density at radius 1 is 1.12 bits per heavy atom. The van der Waals surface area contributed by atoms with Gasteiger partial charge in [0.25, 0.3) is 17.5 Å². The monoisotopic (exact) mass is 440 g/mol. The van der Waals surface area contributed by atoms with Crippen LogP contribution in [0.25, 0.3) is 0 Å². The molecule has 11 nitrogen and oxygen atoms in total. The Morgan fingerprint density at radius 3 is 2.44 bits per heavy atom. The molecule has 1 unspecified atom stereocenters. The first-order valence-corrected chi connectivity index (χ1v) is 9.99. The second kappa shape index (κ2) is 9.88. The first-order valence-electron chi connectivity index (χ1n) is 9.99. The van der Waals surface area contributed by atoms with Gasteiger partial charge in [0.1, 0.15) is 0 Å². The van der Waals surface area contributed by atoms with E-state index in [2.05, 4.69) is 10.6 Å². The Balaban J connectivity index is 1.83. The van der Waals surface area contributed by atoms with E-state index in [0.29, 0.717) is 5.69 Å². The third kappa shape index (κ3) is 5.01. The van der Waals surface area contributed by atoms with E-state index < -0.39 is 28.9 Å². The van der Waals surface area contributed by atoms with Crippen molar-refractivity contribution in [3.8, 4) is 0 Å². The van der Waals surface area contributed by atoms with Gasteiger partial charge in [-0.1, -0.05) is 12.1 Å². The summed E-state index contributed by atoms with van der Waals surface area (Å²) in [5, 5.41) is 16.2. The largest absolute Gasteiger partial charge is 0.351 e. The second-order valence-corrected chi connectivity index (χ2v) is 7.25. The molecular formula is C21H24N6O5. The summed E-state index contributed by atoms with van der Waals surface area (Å²) in [4.78, 5) is 51.7. The predicted octanol–water partition coefficient (Wildman–Crippen LogP) is 1.29. The third-order valence-electron chi connectivity index (χ3n) is 4.97. The van der Waals surface area contributed by atoms with Crippen molar-refractivity contribution in [2.45, 2.75) is 13.1 Å². The highest BCUT2D eigenvalue weighted by atomic mass is 16.6. The van der Waals surface area contributed by atoms with Crippen molar-refractivity contribution in [2.24, 2.45) is 5.73 Å². The zero-order valence-electron chi connectivity index (χ0n) is 17.5. The minimum atomic E-state index is -1.19. The van der Waals surface area contributed by atoms with E-state index in [9.17, 15) is 24.5 Å². The summed E-state index contributed by atoms with van der Waals surface area (Å²) >= 11 is 0. The number of nitro groups is 1. The number of amides is 4. The molecule has 1 atom stereocenters. The maximum atomic E-state index is 13.1. The molecule has 1 aliphatic rings. The molecule has 0 aliphatic carbocycles. The number of non-ortho nitro benzene ring substituents is 1. The van der Waals surface area contributed by atoms with Gasteiger partial charge >= 0.3 is 6.03 Å². The highest BCUT2D eigenvalue weighted by Crippen LogP contribution is 2.22. The standard InChI is InChI=1S/C21H24N6O5/c1-14-3-2-4-16(13-14)24-21(30)26-12-11-25(19(26)18(28)23-10-9-22)20(29)15-5-7-17(8-6-15)27(31)32/h2-8,13,19H,9-12,22H2,1H3,(H,23,28)(H,24,30). The average Bonchev–Trinajstić information content (AvgIpc) is 3.22. The van der Waals surface area contributed by atoms with Gasteiger partial charge in [-0.15, -0.1) is 0 Å². The Kier molecular flexibility index (Phi) is 7.00. The summed E-state index contributed by atoms with van der Waals surface area (Å²) in [5.41, 5.74) is 7.01. The Bertz CT molecular complexity index is 1030. The summed E-state index contributed by atoms with van der Waals surface area (Å²) in [6.45, 7) is 2.53. The van der Waals surface area contributed by atoms with Crippen molar-refractivity contribution >= 4 is 29.2 Å². The number of aryl methyl sites for hydroxylation is 1. The molecule has 3 rings (SSSR count). The molecule has 1 heterocycles. The lowest BCUT2D eigenvalue weighted by molar-refractivity contribution is -0.384. The lowest BCUT2D eigenvalue weighted by atomic mass is 10.1. The van der Waals surface area contributed by atoms with E-state index in [4.69, 9.17) is 5.73 Å². The lowest BCUT2D eigenvalue weighted by Gasteiger charge is -2.29. The summed E-state index contributed by atoms with van der Waals surface area (Å²) < 4.78 is 0. The van der Waals surface area contributed by atoms with Crippen LogP contribution in [0.15, 0.2) is 48.5 Å². The molecular weight excluding hydrogens is 416 g/mol. The number of nitrogens with zero attached hydrogens (tertiary/aromatic N) is 3. The molecule has 4 amide bonds. The fourth-order valence-corrected chi connectivity index (χ4v) is 3.43. The number of anilines is 1. The van der Waals surface area contributed by atoms with Crippen LogP contribution in [-0.2, 0) is 4.79 Å². The molecule has 168 valence electrons. The lowest BCUT2D eigenvalue weighted by Crippen LogP contribution is -2.55. The van der Waals surface area contributed by atoms with Gasteiger partial charge in [-0.25, -0.2) is 4.79 Å². The van der Waals surface area contributed by atoms with Crippen LogP contribution in [-0.4, -0.2) is 64.9 Å². The summed E-state index contributed by atoms with van der Waals surface area (Å²) in [6.07, 6.45) is -1.19. The topological polar surface area (TPSA) is 151 Å². The van der Waals surface area contributed by atoms with Gasteiger partial charge in [0, 0.05) is 49.6 Å². The smallest absolute Gasteiger partial charge is 0.323 e. The Morgan fingerprint density at radius 2 is 1.81 bits per heavy atom. The van der Waals surface area contributed by atoms with Gasteiger partial charge in [0.15, 0.2) is 6.17 Å². The SMILES string of the molecule is Cc1cccc(NC(=O)N2CCN(C(=O)c3ccc([N+](=O)[O-])cc3)C2C(=O)NCCN)c1. The van der Waals surface area contributed by atoms with Gasteiger partial charge in [0.05, 0.1) is 4.92 Å². The van der Waals surface area contributed by atoms with Crippen molar-refractivity contribution in [2.75, 3.05) is 31.5 Å². The van der Waals surface area contributed by atoms with Crippen LogP contribution < -0.4 is 16.4 Å². The number of urea groups is 1. The Labute approximate surface area is 184 Å². The number of nitrogens with one attached hydrogen (secondary N) is 2. The highest BCUT2D eigenvalue weighted by Gasteiger charge is 2.43. The third-order valence-corrected chi connectivity index (χ3v) is 4.97. The maximum absolute atomic E-state index is 13.1. The highest BCUT2D eigenvalue weighted by molar-refractivity contribution is 6.00. The van der Waals surface area contributed by atoms with Crippen LogP contribution >= 0.6 is 0 Å². The van der Waals surface area contributed by atoms with Crippen LogP contribution in [0.3, 0.4) is 0 Å². The zero-order valence-corrected chi connectivity index (χ0v) is 17.5. The van der Waals surface area contributed by atoms with Gasteiger partial charge in [-0.05, 0) is 36.8 Å². The fourth-order valence-electron chi connectivity index (χ4n) is 3.43. The minimum Gasteiger partial charge on any atom is -0.351 e. The molecule has 2 aromatic carbocycles. The molecule has 4 N–H and O–H groups in total. The van der Waals surface area contributed by atoms with Crippen molar-refractivity contribution in [3.05, 3.63) is 69.8 Å². The van der Waals surface area contributed by atoms with E-state index in [1.165, 1.54) is 34.1 Å². The molecule has 11 heteroatoms. The van der Waals surface area contributed by atoms with Crippen molar-refractivity contribution in [1.82, 2.24) is 15.1 Å². The molecule has 0 aromatic heterocycles. The Hall–Kier alpha value is -3.99. The summed E-state index contributed by atoms with van der Waals surface area (Å²) in [6, 6.07) is 11.8. The van der Waals surface area contributed by atoms with Gasteiger partial charge in [0.2, 0.25) is 0 Å². The molecule has 0 bridgehead atoms. The molecule has 1 saturated heterocycles. The number of hydrogen-bond donors (Lipinski definition) is 3. The molecule has 32 heavy (non-hydrogen) atoms. The molecule has 1 fully saturated rings. The van der Waals surface area contributed by atoms with Crippen LogP contribution in [0.5, 0.6) is 0 Å². The zero-order chi connectivity index (χ0) is 23.3. The maximum Gasteiger partial charge on any atom is 0.323 e. The number of carbonyl (C=O) groups is 3. The van der Waals surface area contributed by atoms with E-state index in [1.54, 1.807) is 18.2 Å². The van der Waals surface area contributed by atoms with Crippen molar-refractivity contribution in [1.29, 1.82) is 0 Å². The number of nitro benzene ring substituents is 1. The van der Waals surface area contributed by atoms with Gasteiger partial charge in [-0.2, -0.15) is 0 Å². The van der Waals surface area contributed by atoms with E-state index >= 15 is 0 Å². The molecule has 1 aliphatic heterocycles. The van der Waals surface area contributed by atoms with Gasteiger partial charge in [-0.3, -0.25) is 24.6 Å². The van der Waals surface area contributed by atoms with Crippen LogP contribution in [0.4, 0.5) is 16.2 Å². The number of benzene rings is 2. The first-order chi connectivity index (χ1) is 15.3. The number of hydrogen-bond acceptors (Lipinski definition) is 6. The molecule has 0 spiro atoms. The minimum absolute atomic E-state index is 0.123. The summed E-state index contributed by atoms with van der Waals surface area (Å²) in [5.74, 6) is -1.05. The van der Waals surface area contributed by atoms with Crippen LogP contribution in [0.2, 0.25) is 0 Å². The number of carbonyl (C=O) groups excluding carboxylic acids is 3. The average molecular weight is 440 g/mol. The summed E-state index contributed by atoms with van der Waals surface area (Å²) in [7, 11) is 0. The van der Waals surface area contributed by atoms with Crippen LogP contribution in [0.1, 0.15) is 15.9 Å². The predicted molar refractivity (Wildman–Crippen MR) is 117 cm³/mol. The van der Waals surface area contributed by atoms with E-state index in [0.717, 1.165) is 5.56 Å². The molecule has 0 saturated carbocycles. The van der Waals surface area contributed by atoms with Crippen molar-refractivity contribution in [3.63, 3.8) is 0 Å². The van der Waals surface area contributed by atoms with E-state index in [1.807, 2.05) is 13.0 Å². The molecule has 0 radical (unpaired) electrons. The number of nitrogens with two attached hydrogens (primary N) is 1. The quantitative estimate of drug-likeness (QED) is 0.455. The fraction of sp³-hybridized carbons (Fsp3) is 0.286.